The lowest BCUT2D eigenvalue weighted by Crippen LogP contribution is -2.24. The van der Waals surface area contributed by atoms with Crippen LogP contribution in [0.4, 0.5) is 0 Å². The molecule has 0 spiro atoms. The third kappa shape index (κ3) is 6.20. The van der Waals surface area contributed by atoms with Crippen molar-refractivity contribution in [2.24, 2.45) is 5.92 Å². The minimum atomic E-state index is 0.635. The highest BCUT2D eigenvalue weighted by Gasteiger charge is 2.14. The third-order valence-corrected chi connectivity index (χ3v) is 5.15. The van der Waals surface area contributed by atoms with Gasteiger partial charge in [0.2, 0.25) is 0 Å². The zero-order chi connectivity index (χ0) is 10.2. The minimum Gasteiger partial charge on any atom is -0.314 e. The van der Waals surface area contributed by atoms with Gasteiger partial charge in [-0.25, -0.2) is 0 Å². The first-order valence-electron chi connectivity index (χ1n) is 5.77. The summed E-state index contributed by atoms with van der Waals surface area (Å²) >= 11 is 0. The van der Waals surface area contributed by atoms with Gasteiger partial charge in [-0.1, -0.05) is 48.3 Å². The van der Waals surface area contributed by atoms with Crippen LogP contribution in [-0.4, -0.2) is 24.1 Å². The van der Waals surface area contributed by atoms with Crippen LogP contribution in [0.3, 0.4) is 0 Å². The fourth-order valence-electron chi connectivity index (χ4n) is 1.77. The van der Waals surface area contributed by atoms with Gasteiger partial charge in [0.15, 0.2) is 0 Å². The Morgan fingerprint density at radius 2 is 1.93 bits per heavy atom. The first-order valence-corrected chi connectivity index (χ1v) is 8.25. The molecule has 1 rings (SSSR count). The first-order chi connectivity index (χ1) is 6.79. The summed E-state index contributed by atoms with van der Waals surface area (Å²) in [5.74, 6) is 3.66. The maximum Gasteiger partial charge on any atom is 0.0162 e. The Balaban J connectivity index is 1.79. The van der Waals surface area contributed by atoms with Gasteiger partial charge < -0.3 is 5.32 Å². The van der Waals surface area contributed by atoms with Crippen molar-refractivity contribution in [1.29, 1.82) is 0 Å². The van der Waals surface area contributed by atoms with E-state index in [9.17, 15) is 0 Å². The second kappa shape index (κ2) is 7.89. The Hall–Kier alpha value is 0.660. The highest BCUT2D eigenvalue weighted by molar-refractivity contribution is 8.76. The molecule has 0 aromatic heterocycles. The van der Waals surface area contributed by atoms with Crippen LogP contribution in [0.25, 0.3) is 0 Å². The summed E-state index contributed by atoms with van der Waals surface area (Å²) in [6, 6.07) is 0.635. The SMILES string of the molecule is CC(C)NCCSSCC1CCCC1. The van der Waals surface area contributed by atoms with Gasteiger partial charge in [-0.3, -0.25) is 0 Å². The van der Waals surface area contributed by atoms with Crippen molar-refractivity contribution in [2.75, 3.05) is 18.1 Å². The van der Waals surface area contributed by atoms with E-state index in [1.165, 1.54) is 37.2 Å². The number of hydrogen-bond acceptors (Lipinski definition) is 3. The van der Waals surface area contributed by atoms with Gasteiger partial charge in [0.1, 0.15) is 0 Å². The van der Waals surface area contributed by atoms with E-state index >= 15 is 0 Å². The van der Waals surface area contributed by atoms with Crippen molar-refractivity contribution in [1.82, 2.24) is 5.32 Å². The Labute approximate surface area is 96.6 Å². The molecule has 3 heteroatoms. The molecule has 14 heavy (non-hydrogen) atoms. The fourth-order valence-corrected chi connectivity index (χ4v) is 4.18. The van der Waals surface area contributed by atoms with Gasteiger partial charge >= 0.3 is 0 Å². The van der Waals surface area contributed by atoms with E-state index in [-0.39, 0.29) is 0 Å². The lowest BCUT2D eigenvalue weighted by molar-refractivity contribution is 0.616. The lowest BCUT2D eigenvalue weighted by atomic mass is 10.1. The van der Waals surface area contributed by atoms with Crippen molar-refractivity contribution in [3.63, 3.8) is 0 Å². The van der Waals surface area contributed by atoms with Crippen LogP contribution in [0, 0.1) is 5.92 Å². The predicted octanol–water partition coefficient (Wildman–Crippen LogP) is 3.56. The van der Waals surface area contributed by atoms with Crippen molar-refractivity contribution in [2.45, 2.75) is 45.6 Å². The van der Waals surface area contributed by atoms with E-state index in [2.05, 4.69) is 30.0 Å². The average molecular weight is 233 g/mol. The van der Waals surface area contributed by atoms with E-state index in [1.54, 1.807) is 0 Å². The standard InChI is InChI=1S/C11H23NS2/c1-10(2)12-7-8-13-14-9-11-5-3-4-6-11/h10-12H,3-9H2,1-2H3. The second-order valence-electron chi connectivity index (χ2n) is 4.37. The van der Waals surface area contributed by atoms with Crippen LogP contribution in [0.1, 0.15) is 39.5 Å². The fraction of sp³-hybridized carbons (Fsp3) is 1.00. The highest BCUT2D eigenvalue weighted by Crippen LogP contribution is 2.32. The van der Waals surface area contributed by atoms with E-state index < -0.39 is 0 Å². The van der Waals surface area contributed by atoms with Crippen molar-refractivity contribution in [3.8, 4) is 0 Å². The summed E-state index contributed by atoms with van der Waals surface area (Å²) < 4.78 is 0. The molecule has 0 amide bonds. The molecule has 1 aliphatic rings. The summed E-state index contributed by atoms with van der Waals surface area (Å²) in [6.45, 7) is 5.56. The maximum atomic E-state index is 3.44. The van der Waals surface area contributed by atoms with Crippen LogP contribution >= 0.6 is 21.6 Å². The molecule has 0 bridgehead atoms. The smallest absolute Gasteiger partial charge is 0.0162 e. The molecule has 0 aromatic rings. The summed E-state index contributed by atoms with van der Waals surface area (Å²) in [7, 11) is 4.12. The van der Waals surface area contributed by atoms with E-state index in [0.717, 1.165) is 12.5 Å². The molecule has 0 radical (unpaired) electrons. The summed E-state index contributed by atoms with van der Waals surface area (Å²) in [5.41, 5.74) is 0. The van der Waals surface area contributed by atoms with Crippen LogP contribution in [-0.2, 0) is 0 Å². The monoisotopic (exact) mass is 233 g/mol. The average Bonchev–Trinajstić information content (AvgIpc) is 2.63. The molecular weight excluding hydrogens is 210 g/mol. The Kier molecular flexibility index (Phi) is 7.17. The Bertz CT molecular complexity index is 133. The molecule has 1 aliphatic carbocycles. The zero-order valence-corrected chi connectivity index (χ0v) is 11.1. The van der Waals surface area contributed by atoms with Gasteiger partial charge in [-0.05, 0) is 18.8 Å². The summed E-state index contributed by atoms with van der Waals surface area (Å²) in [6.07, 6.45) is 5.92. The number of rotatable bonds is 7. The topological polar surface area (TPSA) is 12.0 Å². The van der Waals surface area contributed by atoms with E-state index in [4.69, 9.17) is 0 Å². The van der Waals surface area contributed by atoms with Crippen molar-refractivity contribution < 1.29 is 0 Å². The first kappa shape index (κ1) is 12.7. The molecule has 0 heterocycles. The molecule has 1 fully saturated rings. The second-order valence-corrected chi connectivity index (χ2v) is 6.99. The normalized spacial score (nSPS) is 18.2. The van der Waals surface area contributed by atoms with Gasteiger partial charge in [0, 0.05) is 24.1 Å². The predicted molar refractivity (Wildman–Crippen MR) is 70.0 cm³/mol. The van der Waals surface area contributed by atoms with E-state index in [0.29, 0.717) is 6.04 Å². The van der Waals surface area contributed by atoms with Gasteiger partial charge in [0.05, 0.1) is 0 Å². The van der Waals surface area contributed by atoms with Gasteiger partial charge in [0.25, 0.3) is 0 Å². The van der Waals surface area contributed by atoms with E-state index in [1.807, 2.05) is 10.8 Å². The molecule has 0 unspecified atom stereocenters. The van der Waals surface area contributed by atoms with Crippen LogP contribution in [0.5, 0.6) is 0 Å². The maximum absolute atomic E-state index is 3.44. The van der Waals surface area contributed by atoms with Crippen molar-refractivity contribution >= 4 is 21.6 Å². The van der Waals surface area contributed by atoms with Crippen LogP contribution in [0.2, 0.25) is 0 Å². The molecule has 84 valence electrons. The molecule has 0 saturated heterocycles. The Morgan fingerprint density at radius 1 is 1.21 bits per heavy atom. The molecular formula is C11H23NS2. The number of nitrogens with one attached hydrogen (secondary N) is 1. The molecule has 1 saturated carbocycles. The summed E-state index contributed by atoms with van der Waals surface area (Å²) in [5, 5.41) is 3.44. The minimum absolute atomic E-state index is 0.635. The Morgan fingerprint density at radius 3 is 2.57 bits per heavy atom. The molecule has 0 aliphatic heterocycles. The largest absolute Gasteiger partial charge is 0.314 e. The van der Waals surface area contributed by atoms with Crippen LogP contribution in [0.15, 0.2) is 0 Å². The lowest BCUT2D eigenvalue weighted by Gasteiger charge is -2.09. The highest BCUT2D eigenvalue weighted by atomic mass is 33.1. The third-order valence-electron chi connectivity index (χ3n) is 2.60. The molecule has 0 atom stereocenters. The molecule has 0 aromatic carbocycles. The van der Waals surface area contributed by atoms with Crippen molar-refractivity contribution in [3.05, 3.63) is 0 Å². The summed E-state index contributed by atoms with van der Waals surface area (Å²) in [4.78, 5) is 0. The zero-order valence-electron chi connectivity index (χ0n) is 9.42. The molecule has 1 N–H and O–H groups in total. The quantitative estimate of drug-likeness (QED) is 0.533. The van der Waals surface area contributed by atoms with Crippen LogP contribution < -0.4 is 5.32 Å². The molecule has 1 nitrogen and oxygen atoms in total. The van der Waals surface area contributed by atoms with Gasteiger partial charge in [-0.2, -0.15) is 0 Å². The number of hydrogen-bond donors (Lipinski definition) is 1. The van der Waals surface area contributed by atoms with Gasteiger partial charge in [-0.15, -0.1) is 0 Å².